The van der Waals surface area contributed by atoms with Crippen LogP contribution in [-0.2, 0) is 22.6 Å². The summed E-state index contributed by atoms with van der Waals surface area (Å²) in [6.07, 6.45) is 5.15. The van der Waals surface area contributed by atoms with Crippen LogP contribution < -0.4 is 14.8 Å². The van der Waals surface area contributed by atoms with E-state index in [1.54, 1.807) is 18.1 Å². The molecule has 1 fully saturated rings. The standard InChI is InChI=1S/C25H30N2O4/c1-3-17-11-13-18(14-12-17)15-27-22(28)16-31-24-20(9-6-10-21(24)30-2)23(27)25(29)26-19-7-4-5-8-19/h6,9-14,19,23H,3-5,7-8,15-16H2,1-2H3,(H,26,29). The van der Waals surface area contributed by atoms with E-state index in [1.165, 1.54) is 5.56 Å². The number of nitrogens with one attached hydrogen (secondary N) is 1. The van der Waals surface area contributed by atoms with Gasteiger partial charge in [-0.05, 0) is 36.5 Å². The normalized spacial score (nSPS) is 18.8. The van der Waals surface area contributed by atoms with Crippen molar-refractivity contribution < 1.29 is 19.1 Å². The van der Waals surface area contributed by atoms with E-state index in [4.69, 9.17) is 9.47 Å². The number of hydrogen-bond donors (Lipinski definition) is 1. The van der Waals surface area contributed by atoms with Gasteiger partial charge in [0.1, 0.15) is 6.04 Å². The third-order valence-corrected chi connectivity index (χ3v) is 6.23. The molecule has 0 aromatic heterocycles. The summed E-state index contributed by atoms with van der Waals surface area (Å²) in [6, 6.07) is 13.0. The van der Waals surface area contributed by atoms with Gasteiger partial charge in [0.2, 0.25) is 5.91 Å². The monoisotopic (exact) mass is 422 g/mol. The van der Waals surface area contributed by atoms with Gasteiger partial charge >= 0.3 is 0 Å². The topological polar surface area (TPSA) is 67.9 Å². The van der Waals surface area contributed by atoms with Gasteiger partial charge in [-0.25, -0.2) is 0 Å². The molecule has 4 rings (SSSR count). The van der Waals surface area contributed by atoms with Crippen molar-refractivity contribution in [3.05, 3.63) is 59.2 Å². The smallest absolute Gasteiger partial charge is 0.261 e. The summed E-state index contributed by atoms with van der Waals surface area (Å²) < 4.78 is 11.3. The molecular weight excluding hydrogens is 392 g/mol. The van der Waals surface area contributed by atoms with Crippen LogP contribution in [0.25, 0.3) is 0 Å². The molecule has 2 aromatic rings. The van der Waals surface area contributed by atoms with Crippen molar-refractivity contribution in [2.45, 2.75) is 57.7 Å². The molecule has 1 aliphatic carbocycles. The molecule has 2 amide bonds. The van der Waals surface area contributed by atoms with Crippen LogP contribution in [0.4, 0.5) is 0 Å². The van der Waals surface area contributed by atoms with Crippen molar-refractivity contribution in [3.63, 3.8) is 0 Å². The average Bonchev–Trinajstić information content (AvgIpc) is 3.25. The Labute approximate surface area is 183 Å². The number of rotatable bonds is 6. The fourth-order valence-electron chi connectivity index (χ4n) is 4.48. The van der Waals surface area contributed by atoms with Gasteiger partial charge in [-0.2, -0.15) is 0 Å². The summed E-state index contributed by atoms with van der Waals surface area (Å²) in [5.74, 6) is 0.613. The lowest BCUT2D eigenvalue weighted by Crippen LogP contribution is -2.45. The third kappa shape index (κ3) is 4.53. The molecule has 1 heterocycles. The molecule has 0 radical (unpaired) electrons. The first kappa shape index (κ1) is 21.2. The zero-order valence-corrected chi connectivity index (χ0v) is 18.2. The Morgan fingerprint density at radius 1 is 1.13 bits per heavy atom. The van der Waals surface area contributed by atoms with E-state index < -0.39 is 6.04 Å². The molecule has 0 bridgehead atoms. The first-order chi connectivity index (χ1) is 15.1. The Morgan fingerprint density at radius 3 is 2.52 bits per heavy atom. The molecule has 1 atom stereocenters. The Hall–Kier alpha value is -3.02. The predicted molar refractivity (Wildman–Crippen MR) is 118 cm³/mol. The average molecular weight is 423 g/mol. The number of amides is 2. The Kier molecular flexibility index (Phi) is 6.44. The Bertz CT molecular complexity index is 935. The molecule has 1 unspecified atom stereocenters. The van der Waals surface area contributed by atoms with E-state index in [2.05, 4.69) is 24.4 Å². The summed E-state index contributed by atoms with van der Waals surface area (Å²) in [4.78, 5) is 28.3. The second kappa shape index (κ2) is 9.41. The van der Waals surface area contributed by atoms with Crippen LogP contribution in [0.1, 0.15) is 55.3 Å². The van der Waals surface area contributed by atoms with E-state index >= 15 is 0 Å². The van der Waals surface area contributed by atoms with Crippen molar-refractivity contribution in [1.82, 2.24) is 10.2 Å². The number of aryl methyl sites for hydroxylation is 1. The van der Waals surface area contributed by atoms with Crippen LogP contribution in [0.5, 0.6) is 11.5 Å². The lowest BCUT2D eigenvalue weighted by molar-refractivity contribution is -0.142. The quantitative estimate of drug-likeness (QED) is 0.769. The Balaban J connectivity index is 1.71. The molecule has 6 heteroatoms. The molecule has 6 nitrogen and oxygen atoms in total. The number of methoxy groups -OCH3 is 1. The van der Waals surface area contributed by atoms with Gasteiger partial charge in [0.15, 0.2) is 18.1 Å². The zero-order valence-electron chi connectivity index (χ0n) is 18.2. The molecular formula is C25H30N2O4. The summed E-state index contributed by atoms with van der Waals surface area (Å²) in [5, 5.41) is 3.18. The number of benzene rings is 2. The molecule has 31 heavy (non-hydrogen) atoms. The number of carbonyl (C=O) groups is 2. The van der Waals surface area contributed by atoms with Crippen molar-refractivity contribution in [1.29, 1.82) is 0 Å². The second-order valence-electron chi connectivity index (χ2n) is 8.25. The van der Waals surface area contributed by atoms with E-state index in [1.807, 2.05) is 24.3 Å². The lowest BCUT2D eigenvalue weighted by atomic mass is 10.0. The largest absolute Gasteiger partial charge is 0.493 e. The predicted octanol–water partition coefficient (Wildman–Crippen LogP) is 3.78. The number of carbonyl (C=O) groups excluding carboxylic acids is 2. The van der Waals surface area contributed by atoms with Gasteiger partial charge in [-0.3, -0.25) is 9.59 Å². The van der Waals surface area contributed by atoms with E-state index in [0.717, 1.165) is 37.7 Å². The number of fused-ring (bicyclic) bond motifs is 1. The van der Waals surface area contributed by atoms with Crippen molar-refractivity contribution in [2.75, 3.05) is 13.7 Å². The van der Waals surface area contributed by atoms with Crippen LogP contribution in [0.15, 0.2) is 42.5 Å². The van der Waals surface area contributed by atoms with Gasteiger partial charge in [-0.1, -0.05) is 56.2 Å². The number of para-hydroxylation sites is 1. The van der Waals surface area contributed by atoms with E-state index in [-0.39, 0.29) is 24.5 Å². The molecule has 1 saturated carbocycles. The highest BCUT2D eigenvalue weighted by atomic mass is 16.5. The lowest BCUT2D eigenvalue weighted by Gasteiger charge is -2.30. The fourth-order valence-corrected chi connectivity index (χ4v) is 4.48. The Morgan fingerprint density at radius 2 is 1.84 bits per heavy atom. The van der Waals surface area contributed by atoms with E-state index in [0.29, 0.717) is 23.6 Å². The fraction of sp³-hybridized carbons (Fsp3) is 0.440. The molecule has 1 N–H and O–H groups in total. The number of nitrogens with zero attached hydrogens (tertiary/aromatic N) is 1. The van der Waals surface area contributed by atoms with Crippen LogP contribution in [-0.4, -0.2) is 36.5 Å². The highest BCUT2D eigenvalue weighted by Crippen LogP contribution is 2.40. The minimum atomic E-state index is -0.772. The molecule has 164 valence electrons. The molecule has 2 aromatic carbocycles. The molecule has 1 aliphatic heterocycles. The SMILES string of the molecule is CCc1ccc(CN2C(=O)COc3c(OC)cccc3C2C(=O)NC2CCCC2)cc1. The number of ether oxygens (including phenoxy) is 2. The maximum Gasteiger partial charge on any atom is 0.261 e. The van der Waals surface area contributed by atoms with Crippen LogP contribution in [0.2, 0.25) is 0 Å². The maximum absolute atomic E-state index is 13.5. The van der Waals surface area contributed by atoms with Gasteiger partial charge in [0, 0.05) is 18.2 Å². The van der Waals surface area contributed by atoms with Gasteiger partial charge in [0.05, 0.1) is 7.11 Å². The van der Waals surface area contributed by atoms with Crippen LogP contribution >= 0.6 is 0 Å². The third-order valence-electron chi connectivity index (χ3n) is 6.23. The van der Waals surface area contributed by atoms with Crippen molar-refractivity contribution in [3.8, 4) is 11.5 Å². The summed E-state index contributed by atoms with van der Waals surface area (Å²) in [6.45, 7) is 2.32. The van der Waals surface area contributed by atoms with Crippen molar-refractivity contribution in [2.24, 2.45) is 0 Å². The second-order valence-corrected chi connectivity index (χ2v) is 8.25. The number of hydrogen-bond acceptors (Lipinski definition) is 4. The first-order valence-corrected chi connectivity index (χ1v) is 11.1. The summed E-state index contributed by atoms with van der Waals surface area (Å²) in [5.41, 5.74) is 2.88. The van der Waals surface area contributed by atoms with Gasteiger partial charge in [-0.15, -0.1) is 0 Å². The summed E-state index contributed by atoms with van der Waals surface area (Å²) >= 11 is 0. The first-order valence-electron chi connectivity index (χ1n) is 11.1. The minimum Gasteiger partial charge on any atom is -0.493 e. The van der Waals surface area contributed by atoms with E-state index in [9.17, 15) is 9.59 Å². The highest BCUT2D eigenvalue weighted by Gasteiger charge is 2.38. The van der Waals surface area contributed by atoms with Crippen LogP contribution in [0.3, 0.4) is 0 Å². The molecule has 0 spiro atoms. The maximum atomic E-state index is 13.5. The minimum absolute atomic E-state index is 0.131. The zero-order chi connectivity index (χ0) is 21.8. The van der Waals surface area contributed by atoms with Crippen molar-refractivity contribution >= 4 is 11.8 Å². The van der Waals surface area contributed by atoms with Crippen LogP contribution in [0, 0.1) is 0 Å². The van der Waals surface area contributed by atoms with Gasteiger partial charge in [0.25, 0.3) is 5.91 Å². The molecule has 2 aliphatic rings. The van der Waals surface area contributed by atoms with Gasteiger partial charge < -0.3 is 19.7 Å². The highest BCUT2D eigenvalue weighted by molar-refractivity contribution is 5.91. The summed E-state index contributed by atoms with van der Waals surface area (Å²) in [7, 11) is 1.56. The molecule has 0 saturated heterocycles.